The lowest BCUT2D eigenvalue weighted by molar-refractivity contribution is -0.116. The Bertz CT molecular complexity index is 873. The van der Waals surface area contributed by atoms with Crippen molar-refractivity contribution in [2.75, 3.05) is 0 Å². The highest BCUT2D eigenvalue weighted by atomic mass is 32.1. The molecular weight excluding hydrogens is 352 g/mol. The zero-order chi connectivity index (χ0) is 17.5. The van der Waals surface area contributed by atoms with Crippen LogP contribution in [0.5, 0.6) is 0 Å². The molecule has 1 amide bonds. The second-order valence-electron chi connectivity index (χ2n) is 5.14. The average Bonchev–Trinajstić information content (AvgIpc) is 3.07. The number of hydrazine groups is 1. The van der Waals surface area contributed by atoms with Gasteiger partial charge in [-0.05, 0) is 36.0 Å². The molecule has 0 aliphatic heterocycles. The molecule has 25 heavy (non-hydrogen) atoms. The van der Waals surface area contributed by atoms with Crippen molar-refractivity contribution in [3.8, 4) is 0 Å². The number of benzene rings is 2. The summed E-state index contributed by atoms with van der Waals surface area (Å²) in [6, 6.07) is 17.7. The van der Waals surface area contributed by atoms with Gasteiger partial charge in [0.25, 0.3) is 5.91 Å². The number of thiazole rings is 1. The molecule has 126 valence electrons. The lowest BCUT2D eigenvalue weighted by Crippen LogP contribution is -2.45. The third-order valence-corrected chi connectivity index (χ3v) is 4.53. The van der Waals surface area contributed by atoms with Crippen LogP contribution in [-0.4, -0.2) is 16.0 Å². The maximum atomic E-state index is 11.8. The van der Waals surface area contributed by atoms with Gasteiger partial charge in [-0.3, -0.25) is 15.6 Å². The number of rotatable bonds is 4. The molecule has 0 saturated heterocycles. The molecule has 3 N–H and O–H groups in total. The minimum absolute atomic E-state index is 0.303. The molecule has 0 aliphatic rings. The van der Waals surface area contributed by atoms with E-state index in [9.17, 15) is 4.79 Å². The lowest BCUT2D eigenvalue weighted by Gasteiger charge is -2.10. The van der Waals surface area contributed by atoms with Crippen molar-refractivity contribution >= 4 is 50.9 Å². The number of hydrogen-bond acceptors (Lipinski definition) is 4. The minimum atomic E-state index is -0.303. The molecular formula is C18H16N4OS2. The van der Waals surface area contributed by atoms with E-state index in [4.69, 9.17) is 12.2 Å². The van der Waals surface area contributed by atoms with E-state index >= 15 is 0 Å². The van der Waals surface area contributed by atoms with Gasteiger partial charge in [-0.25, -0.2) is 4.98 Å². The van der Waals surface area contributed by atoms with Crippen LogP contribution in [0.4, 0.5) is 0 Å². The fourth-order valence-electron chi connectivity index (χ4n) is 2.09. The molecule has 3 aromatic rings. The van der Waals surface area contributed by atoms with Gasteiger partial charge in [0, 0.05) is 12.6 Å². The van der Waals surface area contributed by atoms with Gasteiger partial charge in [0.05, 0.1) is 10.2 Å². The fraction of sp³-hybridized carbons (Fsp3) is 0.0556. The number of hydrogen-bond donors (Lipinski definition) is 3. The van der Waals surface area contributed by atoms with E-state index in [0.717, 1.165) is 20.8 Å². The Kier molecular flexibility index (Phi) is 5.71. The number of thiocarbonyl (C=S) groups is 1. The van der Waals surface area contributed by atoms with Crippen molar-refractivity contribution in [3.63, 3.8) is 0 Å². The molecule has 2 aromatic carbocycles. The van der Waals surface area contributed by atoms with Crippen molar-refractivity contribution in [3.05, 3.63) is 71.2 Å². The number of nitrogens with one attached hydrogen (secondary N) is 3. The van der Waals surface area contributed by atoms with Crippen LogP contribution in [0, 0.1) is 0 Å². The molecule has 0 fully saturated rings. The van der Waals surface area contributed by atoms with E-state index < -0.39 is 0 Å². The van der Waals surface area contributed by atoms with E-state index in [2.05, 4.69) is 21.2 Å². The normalized spacial score (nSPS) is 10.7. The van der Waals surface area contributed by atoms with Gasteiger partial charge in [-0.2, -0.15) is 0 Å². The monoisotopic (exact) mass is 368 g/mol. The summed E-state index contributed by atoms with van der Waals surface area (Å²) in [5.74, 6) is -0.303. The number of fused-ring (bicyclic) bond motifs is 1. The van der Waals surface area contributed by atoms with Crippen molar-refractivity contribution in [1.82, 2.24) is 21.2 Å². The molecule has 3 rings (SSSR count). The number of amides is 1. The minimum Gasteiger partial charge on any atom is -0.357 e. The summed E-state index contributed by atoms with van der Waals surface area (Å²) in [4.78, 5) is 16.3. The van der Waals surface area contributed by atoms with E-state index in [0.29, 0.717) is 11.7 Å². The maximum absolute atomic E-state index is 11.8. The standard InChI is InChI=1S/C18H16N4OS2/c23-16(10-11-17-20-14-8-4-5-9-15(14)25-17)21-22-18(24)19-12-13-6-2-1-3-7-13/h1-11H,12H2,(H,21,23)(H2,19,22,24)/b11-10+. The second-order valence-corrected chi connectivity index (χ2v) is 6.61. The first-order chi connectivity index (χ1) is 12.2. The first kappa shape index (κ1) is 17.1. The summed E-state index contributed by atoms with van der Waals surface area (Å²) in [6.07, 6.45) is 3.10. The molecule has 0 aliphatic carbocycles. The molecule has 1 aromatic heterocycles. The van der Waals surface area contributed by atoms with E-state index in [1.54, 1.807) is 6.08 Å². The number of carbonyl (C=O) groups is 1. The Balaban J connectivity index is 1.45. The largest absolute Gasteiger partial charge is 0.357 e. The predicted octanol–water partition coefficient (Wildman–Crippen LogP) is 3.01. The Morgan fingerprint density at radius 3 is 2.64 bits per heavy atom. The predicted molar refractivity (Wildman–Crippen MR) is 106 cm³/mol. The summed E-state index contributed by atoms with van der Waals surface area (Å²) in [6.45, 7) is 0.587. The molecule has 0 saturated carbocycles. The van der Waals surface area contributed by atoms with Crippen LogP contribution < -0.4 is 16.2 Å². The quantitative estimate of drug-likeness (QED) is 0.375. The molecule has 0 atom stereocenters. The van der Waals surface area contributed by atoms with Crippen LogP contribution in [0.1, 0.15) is 10.6 Å². The van der Waals surface area contributed by atoms with E-state index in [1.165, 1.54) is 17.4 Å². The van der Waals surface area contributed by atoms with Crippen molar-refractivity contribution < 1.29 is 4.79 Å². The molecule has 0 unspecified atom stereocenters. The maximum Gasteiger partial charge on any atom is 0.262 e. The highest BCUT2D eigenvalue weighted by Crippen LogP contribution is 2.22. The Labute approximate surface area is 154 Å². The number of nitrogens with zero attached hydrogens (tertiary/aromatic N) is 1. The zero-order valence-corrected chi connectivity index (χ0v) is 14.9. The highest BCUT2D eigenvalue weighted by molar-refractivity contribution is 7.80. The van der Waals surface area contributed by atoms with Gasteiger partial charge in [0.15, 0.2) is 5.11 Å². The highest BCUT2D eigenvalue weighted by Gasteiger charge is 2.01. The van der Waals surface area contributed by atoms with Crippen molar-refractivity contribution in [2.45, 2.75) is 6.54 Å². The summed E-state index contributed by atoms with van der Waals surface area (Å²) < 4.78 is 1.09. The smallest absolute Gasteiger partial charge is 0.262 e. The van der Waals surface area contributed by atoms with Crippen LogP contribution in [0.15, 0.2) is 60.7 Å². The molecule has 1 heterocycles. The fourth-order valence-corrected chi connectivity index (χ4v) is 3.08. The van der Waals surface area contributed by atoms with Crippen molar-refractivity contribution in [1.29, 1.82) is 0 Å². The van der Waals surface area contributed by atoms with Crippen LogP contribution in [-0.2, 0) is 11.3 Å². The first-order valence-corrected chi connectivity index (χ1v) is 8.84. The molecule has 7 heteroatoms. The van der Waals surface area contributed by atoms with Gasteiger partial charge >= 0.3 is 0 Å². The topological polar surface area (TPSA) is 66.0 Å². The van der Waals surface area contributed by atoms with Gasteiger partial charge in [0.1, 0.15) is 5.01 Å². The van der Waals surface area contributed by atoms with E-state index in [-0.39, 0.29) is 5.91 Å². The third-order valence-electron chi connectivity index (χ3n) is 3.28. The first-order valence-electron chi connectivity index (χ1n) is 7.62. The number of carbonyl (C=O) groups excluding carboxylic acids is 1. The Morgan fingerprint density at radius 1 is 1.08 bits per heavy atom. The Morgan fingerprint density at radius 2 is 1.84 bits per heavy atom. The zero-order valence-electron chi connectivity index (χ0n) is 13.2. The van der Waals surface area contributed by atoms with Crippen molar-refractivity contribution in [2.24, 2.45) is 0 Å². The van der Waals surface area contributed by atoms with Crippen LogP contribution in [0.2, 0.25) is 0 Å². The summed E-state index contributed by atoms with van der Waals surface area (Å²) in [5.41, 5.74) is 7.22. The molecule has 0 bridgehead atoms. The average molecular weight is 368 g/mol. The summed E-state index contributed by atoms with van der Waals surface area (Å²) in [5, 5.41) is 4.15. The van der Waals surface area contributed by atoms with Gasteiger partial charge in [-0.15, -0.1) is 11.3 Å². The van der Waals surface area contributed by atoms with Crippen LogP contribution >= 0.6 is 23.6 Å². The summed E-state index contributed by atoms with van der Waals surface area (Å²) in [7, 11) is 0. The third kappa shape index (κ3) is 5.10. The summed E-state index contributed by atoms with van der Waals surface area (Å²) >= 11 is 6.65. The molecule has 0 spiro atoms. The van der Waals surface area contributed by atoms with Gasteiger partial charge in [-0.1, -0.05) is 42.5 Å². The number of para-hydroxylation sites is 1. The van der Waals surface area contributed by atoms with E-state index in [1.807, 2.05) is 54.6 Å². The van der Waals surface area contributed by atoms with Gasteiger partial charge < -0.3 is 5.32 Å². The SMILES string of the molecule is O=C(/C=C/c1nc2ccccc2s1)NNC(=S)NCc1ccccc1. The van der Waals surface area contributed by atoms with Gasteiger partial charge in [0.2, 0.25) is 0 Å². The Hall–Kier alpha value is -2.77. The lowest BCUT2D eigenvalue weighted by atomic mass is 10.2. The molecule has 0 radical (unpaired) electrons. The van der Waals surface area contributed by atoms with Crippen LogP contribution in [0.3, 0.4) is 0 Å². The molecule has 5 nitrogen and oxygen atoms in total. The number of aromatic nitrogens is 1. The van der Waals surface area contributed by atoms with Crippen LogP contribution in [0.25, 0.3) is 16.3 Å². The second kappa shape index (κ2) is 8.36.